The molecule has 144 valence electrons. The molecule has 0 aliphatic heterocycles. The molecule has 28 heavy (non-hydrogen) atoms. The summed E-state index contributed by atoms with van der Waals surface area (Å²) in [5.41, 5.74) is 9.12. The number of hydrogen-bond donors (Lipinski definition) is 0. The van der Waals surface area contributed by atoms with E-state index < -0.39 is 0 Å². The summed E-state index contributed by atoms with van der Waals surface area (Å²) in [5, 5.41) is 4.57. The van der Waals surface area contributed by atoms with Gasteiger partial charge in [-0.1, -0.05) is 13.0 Å². The molecule has 3 aromatic heterocycles. The molecule has 0 amide bonds. The van der Waals surface area contributed by atoms with Crippen LogP contribution in [0.15, 0.2) is 36.8 Å². The van der Waals surface area contributed by atoms with Gasteiger partial charge >= 0.3 is 0 Å². The predicted molar refractivity (Wildman–Crippen MR) is 114 cm³/mol. The average molecular weight is 374 g/mol. The van der Waals surface area contributed by atoms with Gasteiger partial charge in [0, 0.05) is 44.2 Å². The number of pyridine rings is 1. The number of aryl methyl sites for hydroxylation is 4. The van der Waals surface area contributed by atoms with E-state index in [0.29, 0.717) is 0 Å². The lowest BCUT2D eigenvalue weighted by molar-refractivity contribution is 0.731. The van der Waals surface area contributed by atoms with Crippen molar-refractivity contribution in [3.8, 4) is 11.1 Å². The summed E-state index contributed by atoms with van der Waals surface area (Å²) in [6.07, 6.45) is 4.60. The van der Waals surface area contributed by atoms with Crippen molar-refractivity contribution in [3.05, 3.63) is 53.7 Å². The van der Waals surface area contributed by atoms with Crippen molar-refractivity contribution in [2.45, 2.75) is 27.2 Å². The number of aromatic nitrogens is 5. The average Bonchev–Trinajstić information content (AvgIpc) is 3.19. The van der Waals surface area contributed by atoms with E-state index in [-0.39, 0.29) is 0 Å². The van der Waals surface area contributed by atoms with Gasteiger partial charge in [0.2, 0.25) is 0 Å². The van der Waals surface area contributed by atoms with Crippen molar-refractivity contribution >= 4 is 22.5 Å². The minimum Gasteiger partial charge on any atom is -0.334 e. The molecule has 0 N–H and O–H groups in total. The summed E-state index contributed by atoms with van der Waals surface area (Å²) in [6.45, 7) is 6.38. The van der Waals surface area contributed by atoms with Gasteiger partial charge in [0.05, 0.1) is 23.7 Å². The van der Waals surface area contributed by atoms with E-state index in [0.717, 1.165) is 29.0 Å². The third-order valence-electron chi connectivity index (χ3n) is 5.56. The van der Waals surface area contributed by atoms with Gasteiger partial charge in [-0.05, 0) is 43.5 Å². The molecule has 4 aromatic rings. The largest absolute Gasteiger partial charge is 0.334 e. The monoisotopic (exact) mass is 374 g/mol. The van der Waals surface area contributed by atoms with Gasteiger partial charge in [0.25, 0.3) is 0 Å². The van der Waals surface area contributed by atoms with Gasteiger partial charge in [-0.25, -0.2) is 9.97 Å². The smallest absolute Gasteiger partial charge is 0.134 e. The Morgan fingerprint density at radius 2 is 1.86 bits per heavy atom. The molecule has 0 saturated carbocycles. The number of imidazole rings is 1. The summed E-state index contributed by atoms with van der Waals surface area (Å²) in [5.74, 6) is 0.910. The number of rotatable bonds is 4. The van der Waals surface area contributed by atoms with Gasteiger partial charge in [-0.15, -0.1) is 0 Å². The minimum absolute atomic E-state index is 0.910. The first-order valence-corrected chi connectivity index (χ1v) is 9.55. The maximum Gasteiger partial charge on any atom is 0.134 e. The molecule has 0 spiro atoms. The SMILES string of the molecule is CCc1cc(-c2c(C)nn(C)c2C)ccc1N(C)c1cc2c(cn1)ncn2C. The lowest BCUT2D eigenvalue weighted by Crippen LogP contribution is -2.13. The van der Waals surface area contributed by atoms with Crippen molar-refractivity contribution in [1.82, 2.24) is 24.3 Å². The van der Waals surface area contributed by atoms with Gasteiger partial charge in [-0.3, -0.25) is 4.68 Å². The molecule has 0 atom stereocenters. The molecule has 0 unspecified atom stereocenters. The molecular formula is C22H26N6. The number of anilines is 2. The van der Waals surface area contributed by atoms with Crippen LogP contribution in [0.3, 0.4) is 0 Å². The highest BCUT2D eigenvalue weighted by Crippen LogP contribution is 2.33. The van der Waals surface area contributed by atoms with Crippen molar-refractivity contribution in [2.24, 2.45) is 14.1 Å². The molecule has 6 nitrogen and oxygen atoms in total. The predicted octanol–water partition coefficient (Wildman–Crippen LogP) is 4.32. The van der Waals surface area contributed by atoms with Crippen LogP contribution in [0, 0.1) is 13.8 Å². The summed E-state index contributed by atoms with van der Waals surface area (Å²) in [7, 11) is 6.07. The third-order valence-corrected chi connectivity index (χ3v) is 5.56. The van der Waals surface area contributed by atoms with Gasteiger partial charge < -0.3 is 9.47 Å². The molecule has 6 heteroatoms. The second-order valence-corrected chi connectivity index (χ2v) is 7.31. The second kappa shape index (κ2) is 6.78. The highest BCUT2D eigenvalue weighted by Gasteiger charge is 2.16. The van der Waals surface area contributed by atoms with Crippen LogP contribution in [0.2, 0.25) is 0 Å². The first-order chi connectivity index (χ1) is 13.4. The molecule has 0 saturated heterocycles. The van der Waals surface area contributed by atoms with E-state index in [9.17, 15) is 0 Å². The minimum atomic E-state index is 0.910. The summed E-state index contributed by atoms with van der Waals surface area (Å²) in [4.78, 5) is 11.1. The van der Waals surface area contributed by atoms with Crippen LogP contribution in [-0.4, -0.2) is 31.4 Å². The number of benzene rings is 1. The van der Waals surface area contributed by atoms with Crippen LogP contribution >= 0.6 is 0 Å². The fourth-order valence-corrected chi connectivity index (χ4v) is 3.87. The molecule has 0 aliphatic rings. The van der Waals surface area contributed by atoms with Crippen LogP contribution in [0.25, 0.3) is 22.2 Å². The number of hydrogen-bond acceptors (Lipinski definition) is 4. The van der Waals surface area contributed by atoms with E-state index in [1.54, 1.807) is 0 Å². The zero-order valence-electron chi connectivity index (χ0n) is 17.4. The molecule has 4 rings (SSSR count). The maximum absolute atomic E-state index is 4.62. The Bertz CT molecular complexity index is 1170. The maximum atomic E-state index is 4.62. The molecule has 0 aliphatic carbocycles. The van der Waals surface area contributed by atoms with E-state index in [1.165, 1.54) is 28.1 Å². The molecule has 0 fully saturated rings. The highest BCUT2D eigenvalue weighted by molar-refractivity contribution is 5.80. The normalized spacial score (nSPS) is 11.4. The molecule has 0 bridgehead atoms. The van der Waals surface area contributed by atoms with Gasteiger partial charge in [0.1, 0.15) is 11.3 Å². The third kappa shape index (κ3) is 2.85. The Morgan fingerprint density at radius 1 is 1.07 bits per heavy atom. The van der Waals surface area contributed by atoms with E-state index in [2.05, 4.69) is 72.1 Å². The first-order valence-electron chi connectivity index (χ1n) is 9.55. The standard InChI is InChI=1S/C22H26N6/c1-7-16-10-17(22-14(2)25-28(6)15(22)3)8-9-19(16)27(5)21-11-20-18(12-23-21)24-13-26(20)4/h8-13H,7H2,1-6H3. The Balaban J connectivity index is 1.77. The fraction of sp³-hybridized carbons (Fsp3) is 0.318. The fourth-order valence-electron chi connectivity index (χ4n) is 3.87. The molecule has 0 radical (unpaired) electrons. The Kier molecular flexibility index (Phi) is 4.41. The number of nitrogens with zero attached hydrogens (tertiary/aromatic N) is 6. The summed E-state index contributed by atoms with van der Waals surface area (Å²) >= 11 is 0. The van der Waals surface area contributed by atoms with Crippen LogP contribution in [0.1, 0.15) is 23.9 Å². The lowest BCUT2D eigenvalue weighted by atomic mass is 9.98. The van der Waals surface area contributed by atoms with E-state index >= 15 is 0 Å². The van der Waals surface area contributed by atoms with Crippen molar-refractivity contribution < 1.29 is 0 Å². The van der Waals surface area contributed by atoms with Crippen LogP contribution in [0.4, 0.5) is 11.5 Å². The van der Waals surface area contributed by atoms with Crippen molar-refractivity contribution in [2.75, 3.05) is 11.9 Å². The molecular weight excluding hydrogens is 348 g/mol. The zero-order valence-corrected chi connectivity index (χ0v) is 17.4. The first kappa shape index (κ1) is 18.2. The van der Waals surface area contributed by atoms with Crippen LogP contribution < -0.4 is 4.90 Å². The molecule has 1 aromatic carbocycles. The summed E-state index contributed by atoms with van der Waals surface area (Å²) < 4.78 is 3.97. The van der Waals surface area contributed by atoms with Gasteiger partial charge in [0.15, 0.2) is 0 Å². The lowest BCUT2D eigenvalue weighted by Gasteiger charge is -2.22. The van der Waals surface area contributed by atoms with E-state index in [1.807, 2.05) is 35.9 Å². The molecule has 3 heterocycles. The van der Waals surface area contributed by atoms with Crippen LogP contribution in [0.5, 0.6) is 0 Å². The quantitative estimate of drug-likeness (QED) is 0.534. The van der Waals surface area contributed by atoms with Crippen LogP contribution in [-0.2, 0) is 20.5 Å². The Hall–Kier alpha value is -3.15. The van der Waals surface area contributed by atoms with Crippen molar-refractivity contribution in [1.29, 1.82) is 0 Å². The van der Waals surface area contributed by atoms with Crippen molar-refractivity contribution in [3.63, 3.8) is 0 Å². The van der Waals surface area contributed by atoms with E-state index in [4.69, 9.17) is 0 Å². The zero-order chi connectivity index (χ0) is 20.0. The Labute approximate surface area is 165 Å². The topological polar surface area (TPSA) is 51.8 Å². The highest BCUT2D eigenvalue weighted by atomic mass is 15.3. The van der Waals surface area contributed by atoms with Gasteiger partial charge in [-0.2, -0.15) is 5.10 Å². The number of fused-ring (bicyclic) bond motifs is 1. The summed E-state index contributed by atoms with van der Waals surface area (Å²) in [6, 6.07) is 8.75. The second-order valence-electron chi connectivity index (χ2n) is 7.31. The Morgan fingerprint density at radius 3 is 2.54 bits per heavy atom.